The summed E-state index contributed by atoms with van der Waals surface area (Å²) in [5, 5.41) is 0. The molecule has 0 radical (unpaired) electrons. The molecule has 94 valence electrons. The van der Waals surface area contributed by atoms with Gasteiger partial charge >= 0.3 is 0 Å². The molecule has 19 heavy (non-hydrogen) atoms. The highest BCUT2D eigenvalue weighted by Crippen LogP contribution is 2.32. The minimum Gasteiger partial charge on any atom is -0.429 e. The van der Waals surface area contributed by atoms with Gasteiger partial charge in [-0.2, -0.15) is 0 Å². The molecule has 4 heteroatoms. The molecule has 2 aromatic carbocycles. The van der Waals surface area contributed by atoms with E-state index >= 15 is 0 Å². The first kappa shape index (κ1) is 12.4. The molecule has 0 amide bonds. The Morgan fingerprint density at radius 2 is 1.68 bits per heavy atom. The van der Waals surface area contributed by atoms with Crippen LogP contribution in [-0.2, 0) is 0 Å². The molecule has 0 spiro atoms. The van der Waals surface area contributed by atoms with E-state index in [1.54, 1.807) is 0 Å². The second-order valence-corrected chi connectivity index (χ2v) is 5.38. The molecule has 0 aliphatic rings. The van der Waals surface area contributed by atoms with Crippen LogP contribution in [0.2, 0.25) is 0 Å². The van der Waals surface area contributed by atoms with Crippen LogP contribution in [0.1, 0.15) is 0 Å². The highest BCUT2D eigenvalue weighted by Gasteiger charge is 2.12. The minimum atomic E-state index is 0.383. The summed E-state index contributed by atoms with van der Waals surface area (Å²) in [5.74, 6) is 0.762. The van der Waals surface area contributed by atoms with Crippen molar-refractivity contribution in [2.75, 3.05) is 0 Å². The molecule has 0 aliphatic heterocycles. The quantitative estimate of drug-likeness (QED) is 0.634. The van der Waals surface area contributed by atoms with Gasteiger partial charge in [-0.15, -0.1) is 0 Å². The number of H-pyrrole nitrogens is 1. The van der Waals surface area contributed by atoms with Crippen LogP contribution in [0.15, 0.2) is 63.5 Å². The van der Waals surface area contributed by atoms with Crippen LogP contribution in [-0.4, -0.2) is 4.98 Å². The first-order valence-corrected chi connectivity index (χ1v) is 6.98. The van der Waals surface area contributed by atoms with Gasteiger partial charge in [0.05, 0.1) is 5.69 Å². The largest absolute Gasteiger partial charge is 0.429 e. The number of hydrogen-bond donors (Lipinski definition) is 1. The molecular weight excluding hydrogens is 322 g/mol. The average Bonchev–Trinajstić information content (AvgIpc) is 2.82. The van der Waals surface area contributed by atoms with E-state index in [4.69, 9.17) is 16.6 Å². The lowest BCUT2D eigenvalue weighted by Crippen LogP contribution is -1.82. The maximum absolute atomic E-state index is 5.65. The van der Waals surface area contributed by atoms with E-state index in [9.17, 15) is 0 Å². The van der Waals surface area contributed by atoms with Gasteiger partial charge in [-0.05, 0) is 24.4 Å². The first-order valence-electron chi connectivity index (χ1n) is 5.78. The normalized spacial score (nSPS) is 10.6. The third-order valence-electron chi connectivity index (χ3n) is 2.80. The van der Waals surface area contributed by atoms with Crippen molar-refractivity contribution in [3.63, 3.8) is 0 Å². The highest BCUT2D eigenvalue weighted by molar-refractivity contribution is 9.10. The van der Waals surface area contributed by atoms with Gasteiger partial charge in [-0.3, -0.25) is 0 Å². The topological polar surface area (TPSA) is 28.9 Å². The van der Waals surface area contributed by atoms with Gasteiger partial charge in [0.2, 0.25) is 0 Å². The molecule has 0 aliphatic carbocycles. The Hall–Kier alpha value is -1.65. The van der Waals surface area contributed by atoms with Gasteiger partial charge in [0.15, 0.2) is 5.76 Å². The van der Waals surface area contributed by atoms with Crippen molar-refractivity contribution in [1.29, 1.82) is 0 Å². The van der Waals surface area contributed by atoms with Crippen molar-refractivity contribution in [2.24, 2.45) is 0 Å². The van der Waals surface area contributed by atoms with Gasteiger partial charge < -0.3 is 9.40 Å². The Bertz CT molecular complexity index is 761. The van der Waals surface area contributed by atoms with E-state index in [0.717, 1.165) is 27.1 Å². The summed E-state index contributed by atoms with van der Waals surface area (Å²) in [7, 11) is 0. The zero-order valence-electron chi connectivity index (χ0n) is 9.89. The smallest absolute Gasteiger partial charge is 0.266 e. The van der Waals surface area contributed by atoms with Crippen LogP contribution in [0.3, 0.4) is 0 Å². The summed E-state index contributed by atoms with van der Waals surface area (Å²) < 4.78 is 6.65. The first-order chi connectivity index (χ1) is 9.24. The second-order valence-electron chi connectivity index (χ2n) is 4.10. The molecule has 0 unspecified atom stereocenters. The molecule has 0 saturated carbocycles. The van der Waals surface area contributed by atoms with Gasteiger partial charge in [-0.25, -0.2) is 0 Å². The molecule has 1 heterocycles. The van der Waals surface area contributed by atoms with E-state index in [2.05, 4.69) is 20.9 Å². The minimum absolute atomic E-state index is 0.383. The highest BCUT2D eigenvalue weighted by atomic mass is 79.9. The van der Waals surface area contributed by atoms with Crippen molar-refractivity contribution < 1.29 is 4.42 Å². The molecule has 3 rings (SSSR count). The summed E-state index contributed by atoms with van der Waals surface area (Å²) in [5.41, 5.74) is 2.95. The lowest BCUT2D eigenvalue weighted by Gasteiger charge is -2.02. The molecule has 0 atom stereocenters. The van der Waals surface area contributed by atoms with Crippen LogP contribution in [0.25, 0.3) is 22.6 Å². The number of nitrogens with one attached hydrogen (secondary N) is 1. The Morgan fingerprint density at radius 3 is 2.42 bits per heavy atom. The summed E-state index contributed by atoms with van der Waals surface area (Å²) in [6, 6.07) is 18.0. The molecule has 1 N–H and O–H groups in total. The van der Waals surface area contributed by atoms with Crippen LogP contribution in [0.5, 0.6) is 0 Å². The van der Waals surface area contributed by atoms with E-state index in [-0.39, 0.29) is 0 Å². The summed E-state index contributed by atoms with van der Waals surface area (Å²) in [4.78, 5) is 3.49. The van der Waals surface area contributed by atoms with E-state index in [1.165, 1.54) is 0 Å². The molecule has 1 aromatic heterocycles. The van der Waals surface area contributed by atoms with Gasteiger partial charge in [0, 0.05) is 15.6 Å². The average molecular weight is 332 g/mol. The third-order valence-corrected chi connectivity index (χ3v) is 3.48. The van der Waals surface area contributed by atoms with E-state index in [0.29, 0.717) is 4.84 Å². The Labute approximate surface area is 124 Å². The second kappa shape index (κ2) is 5.15. The maximum Gasteiger partial charge on any atom is 0.266 e. The monoisotopic (exact) mass is 331 g/mol. The van der Waals surface area contributed by atoms with Crippen LogP contribution >= 0.6 is 28.1 Å². The predicted molar refractivity (Wildman–Crippen MR) is 82.5 cm³/mol. The third kappa shape index (κ3) is 2.55. The molecule has 0 fully saturated rings. The molecule has 0 bridgehead atoms. The zero-order valence-corrected chi connectivity index (χ0v) is 12.3. The predicted octanol–water partition coefficient (Wildman–Crippen LogP) is 5.43. The van der Waals surface area contributed by atoms with E-state index < -0.39 is 0 Å². The number of aromatic amines is 1. The van der Waals surface area contributed by atoms with Gasteiger partial charge in [0.25, 0.3) is 4.84 Å². The van der Waals surface area contributed by atoms with E-state index in [1.807, 2.05) is 54.6 Å². The van der Waals surface area contributed by atoms with Crippen LogP contribution < -0.4 is 0 Å². The van der Waals surface area contributed by atoms with Gasteiger partial charge in [-0.1, -0.05) is 58.4 Å². The lowest BCUT2D eigenvalue weighted by atomic mass is 10.1. The zero-order chi connectivity index (χ0) is 13.2. The van der Waals surface area contributed by atoms with Crippen molar-refractivity contribution in [1.82, 2.24) is 4.98 Å². The Morgan fingerprint density at radius 1 is 0.947 bits per heavy atom. The van der Waals surface area contributed by atoms with Crippen molar-refractivity contribution in [3.8, 4) is 22.6 Å². The molecule has 0 saturated heterocycles. The number of aromatic nitrogens is 1. The fraction of sp³-hybridized carbons (Fsp3) is 0. The van der Waals surface area contributed by atoms with Crippen LogP contribution in [0.4, 0.5) is 0 Å². The summed E-state index contributed by atoms with van der Waals surface area (Å²) >= 11 is 8.59. The lowest BCUT2D eigenvalue weighted by molar-refractivity contribution is 0.554. The number of rotatable bonds is 2. The molecule has 3 aromatic rings. The summed E-state index contributed by atoms with van der Waals surface area (Å²) in [6.07, 6.45) is 0. The van der Waals surface area contributed by atoms with Crippen molar-refractivity contribution in [2.45, 2.75) is 0 Å². The van der Waals surface area contributed by atoms with Crippen molar-refractivity contribution >= 4 is 28.1 Å². The number of hydrogen-bond acceptors (Lipinski definition) is 2. The van der Waals surface area contributed by atoms with Crippen molar-refractivity contribution in [3.05, 3.63) is 63.9 Å². The number of oxazole rings is 1. The SMILES string of the molecule is S=c1[nH]c(-c2ccccc2)c(-c2cccc(Br)c2)o1. The Kier molecular flexibility index (Phi) is 3.36. The molecular formula is C15H10BrNOS. The number of benzene rings is 2. The fourth-order valence-corrected chi connectivity index (χ4v) is 2.55. The maximum atomic E-state index is 5.65. The summed E-state index contributed by atoms with van der Waals surface area (Å²) in [6.45, 7) is 0. The Balaban J connectivity index is 2.21. The van der Waals surface area contributed by atoms with Gasteiger partial charge in [0.1, 0.15) is 0 Å². The number of halogens is 1. The molecule has 2 nitrogen and oxygen atoms in total. The fourth-order valence-electron chi connectivity index (χ4n) is 1.97. The van der Waals surface area contributed by atoms with Crippen LogP contribution in [0, 0.1) is 4.84 Å². The standard InChI is InChI=1S/C15H10BrNOS/c16-12-8-4-7-11(9-12)14-13(17-15(19)18-14)10-5-2-1-3-6-10/h1-9H,(H,17,19).